The van der Waals surface area contributed by atoms with Crippen molar-refractivity contribution in [1.82, 2.24) is 10.2 Å². The Labute approximate surface area is 101 Å². The normalized spacial score (nSPS) is 20.2. The Hall–Kier alpha value is -1.33. The van der Waals surface area contributed by atoms with Crippen molar-refractivity contribution >= 4 is 5.91 Å². The van der Waals surface area contributed by atoms with Crippen LogP contribution in [0.1, 0.15) is 11.3 Å². The number of furan rings is 1. The highest BCUT2D eigenvalue weighted by Crippen LogP contribution is 2.12. The number of hydrogen-bond donors (Lipinski definition) is 1. The van der Waals surface area contributed by atoms with Gasteiger partial charge in [-0.05, 0) is 13.0 Å². The number of morpholine rings is 1. The molecule has 2 rings (SSSR count). The Morgan fingerprint density at radius 2 is 2.47 bits per heavy atom. The number of likely N-dealkylation sites (N-methyl/N-ethyl adjacent to an activating group) is 1. The number of aryl methyl sites for hydroxylation is 1. The molecule has 0 aliphatic carbocycles. The van der Waals surface area contributed by atoms with Crippen molar-refractivity contribution < 1.29 is 13.9 Å². The van der Waals surface area contributed by atoms with Crippen LogP contribution in [0.5, 0.6) is 0 Å². The Morgan fingerprint density at radius 1 is 1.65 bits per heavy atom. The summed E-state index contributed by atoms with van der Waals surface area (Å²) >= 11 is 0. The van der Waals surface area contributed by atoms with Gasteiger partial charge in [0.25, 0.3) is 5.91 Å². The third-order valence-electron chi connectivity index (χ3n) is 2.95. The monoisotopic (exact) mass is 238 g/mol. The van der Waals surface area contributed by atoms with E-state index >= 15 is 0 Å². The Bertz CT molecular complexity index is 383. The van der Waals surface area contributed by atoms with Crippen molar-refractivity contribution in [3.8, 4) is 0 Å². The third kappa shape index (κ3) is 2.87. The summed E-state index contributed by atoms with van der Waals surface area (Å²) in [7, 11) is 1.78. The summed E-state index contributed by atoms with van der Waals surface area (Å²) in [5.74, 6) is 0.866. The van der Waals surface area contributed by atoms with Gasteiger partial charge in [0.05, 0.1) is 12.9 Å². The molecule has 1 atom stereocenters. The molecule has 1 N–H and O–H groups in total. The minimum Gasteiger partial charge on any atom is -0.469 e. The first-order chi connectivity index (χ1) is 8.18. The first-order valence-corrected chi connectivity index (χ1v) is 5.78. The highest BCUT2D eigenvalue weighted by molar-refractivity contribution is 5.81. The summed E-state index contributed by atoms with van der Waals surface area (Å²) in [6.07, 6.45) is 1.28. The van der Waals surface area contributed by atoms with E-state index < -0.39 is 0 Å². The van der Waals surface area contributed by atoms with E-state index in [1.165, 1.54) is 0 Å². The van der Waals surface area contributed by atoms with Crippen LogP contribution in [0.2, 0.25) is 0 Å². The Kier molecular flexibility index (Phi) is 3.81. The van der Waals surface area contributed by atoms with Crippen LogP contribution >= 0.6 is 0 Å². The van der Waals surface area contributed by atoms with Gasteiger partial charge in [0.15, 0.2) is 0 Å². The molecule has 94 valence electrons. The average molecular weight is 238 g/mol. The lowest BCUT2D eigenvalue weighted by molar-refractivity contribution is -0.144. The second kappa shape index (κ2) is 5.33. The van der Waals surface area contributed by atoms with E-state index in [0.717, 1.165) is 17.9 Å². The predicted molar refractivity (Wildman–Crippen MR) is 62.5 cm³/mol. The standard InChI is InChI=1S/C12H18N2O3/c1-9-10(3-5-16-9)8-14(2)12(15)11-7-13-4-6-17-11/h3,5,11,13H,4,6-8H2,1-2H3. The van der Waals surface area contributed by atoms with Crippen molar-refractivity contribution in [2.24, 2.45) is 0 Å². The van der Waals surface area contributed by atoms with E-state index in [1.54, 1.807) is 18.2 Å². The predicted octanol–water partition coefficient (Wildman–Crippen LogP) is 0.535. The minimum atomic E-state index is -0.360. The number of rotatable bonds is 3. The minimum absolute atomic E-state index is 0.0119. The van der Waals surface area contributed by atoms with Crippen molar-refractivity contribution in [2.45, 2.75) is 19.6 Å². The SMILES string of the molecule is Cc1occc1CN(C)C(=O)C1CNCCO1. The Morgan fingerprint density at radius 3 is 3.06 bits per heavy atom. The van der Waals surface area contributed by atoms with Crippen LogP contribution in [0.3, 0.4) is 0 Å². The molecule has 1 saturated heterocycles. The van der Waals surface area contributed by atoms with Gasteiger partial charge in [0, 0.05) is 32.2 Å². The summed E-state index contributed by atoms with van der Waals surface area (Å²) in [6.45, 7) is 4.45. The van der Waals surface area contributed by atoms with Crippen LogP contribution in [0.4, 0.5) is 0 Å². The van der Waals surface area contributed by atoms with Crippen LogP contribution < -0.4 is 5.32 Å². The first kappa shape index (κ1) is 12.1. The summed E-state index contributed by atoms with van der Waals surface area (Å²) < 4.78 is 10.6. The van der Waals surface area contributed by atoms with Crippen molar-refractivity contribution in [3.05, 3.63) is 23.7 Å². The summed E-state index contributed by atoms with van der Waals surface area (Å²) in [6, 6.07) is 1.89. The van der Waals surface area contributed by atoms with Crippen LogP contribution in [-0.2, 0) is 16.1 Å². The van der Waals surface area contributed by atoms with E-state index in [9.17, 15) is 4.79 Å². The van der Waals surface area contributed by atoms with Crippen LogP contribution in [0, 0.1) is 6.92 Å². The summed E-state index contributed by atoms with van der Waals surface area (Å²) in [5.41, 5.74) is 1.03. The van der Waals surface area contributed by atoms with E-state index in [2.05, 4.69) is 5.32 Å². The van der Waals surface area contributed by atoms with Gasteiger partial charge in [0.2, 0.25) is 0 Å². The summed E-state index contributed by atoms with van der Waals surface area (Å²) in [5, 5.41) is 3.15. The maximum Gasteiger partial charge on any atom is 0.253 e. The third-order valence-corrected chi connectivity index (χ3v) is 2.95. The highest BCUT2D eigenvalue weighted by Gasteiger charge is 2.25. The van der Waals surface area contributed by atoms with Gasteiger partial charge in [-0.3, -0.25) is 4.79 Å². The van der Waals surface area contributed by atoms with E-state index in [-0.39, 0.29) is 12.0 Å². The molecule has 1 aliphatic heterocycles. The van der Waals surface area contributed by atoms with Crippen molar-refractivity contribution in [3.63, 3.8) is 0 Å². The first-order valence-electron chi connectivity index (χ1n) is 5.78. The summed E-state index contributed by atoms with van der Waals surface area (Å²) in [4.78, 5) is 13.7. The zero-order chi connectivity index (χ0) is 12.3. The van der Waals surface area contributed by atoms with Crippen molar-refractivity contribution in [2.75, 3.05) is 26.7 Å². The van der Waals surface area contributed by atoms with Crippen LogP contribution in [-0.4, -0.2) is 43.7 Å². The van der Waals surface area contributed by atoms with Gasteiger partial charge >= 0.3 is 0 Å². The molecule has 5 heteroatoms. The van der Waals surface area contributed by atoms with E-state index in [4.69, 9.17) is 9.15 Å². The maximum atomic E-state index is 12.1. The molecule has 2 heterocycles. The number of nitrogens with zero attached hydrogens (tertiary/aromatic N) is 1. The molecule has 1 aromatic heterocycles. The lowest BCUT2D eigenvalue weighted by Crippen LogP contribution is -2.48. The van der Waals surface area contributed by atoms with E-state index in [1.807, 2.05) is 13.0 Å². The molecule has 1 aromatic rings. The number of carbonyl (C=O) groups excluding carboxylic acids is 1. The average Bonchev–Trinajstić information content (AvgIpc) is 2.75. The zero-order valence-electron chi connectivity index (χ0n) is 10.2. The topological polar surface area (TPSA) is 54.7 Å². The quantitative estimate of drug-likeness (QED) is 0.835. The lowest BCUT2D eigenvalue weighted by Gasteiger charge is -2.27. The maximum absolute atomic E-state index is 12.1. The molecule has 0 radical (unpaired) electrons. The molecular weight excluding hydrogens is 220 g/mol. The molecular formula is C12H18N2O3. The van der Waals surface area contributed by atoms with E-state index in [0.29, 0.717) is 19.7 Å². The fraction of sp³-hybridized carbons (Fsp3) is 0.583. The second-order valence-corrected chi connectivity index (χ2v) is 4.26. The Balaban J connectivity index is 1.93. The highest BCUT2D eigenvalue weighted by atomic mass is 16.5. The number of nitrogens with one attached hydrogen (secondary N) is 1. The van der Waals surface area contributed by atoms with Gasteiger partial charge in [-0.15, -0.1) is 0 Å². The number of carbonyl (C=O) groups is 1. The molecule has 0 spiro atoms. The lowest BCUT2D eigenvalue weighted by atomic mass is 10.2. The molecule has 1 fully saturated rings. The molecule has 1 aliphatic rings. The van der Waals surface area contributed by atoms with Gasteiger partial charge in [-0.1, -0.05) is 0 Å². The van der Waals surface area contributed by atoms with Gasteiger partial charge in [-0.2, -0.15) is 0 Å². The molecule has 0 saturated carbocycles. The number of hydrogen-bond acceptors (Lipinski definition) is 4. The van der Waals surface area contributed by atoms with Gasteiger partial charge < -0.3 is 19.4 Å². The largest absolute Gasteiger partial charge is 0.469 e. The molecule has 0 aromatic carbocycles. The zero-order valence-corrected chi connectivity index (χ0v) is 10.2. The van der Waals surface area contributed by atoms with Crippen molar-refractivity contribution in [1.29, 1.82) is 0 Å². The van der Waals surface area contributed by atoms with Gasteiger partial charge in [0.1, 0.15) is 11.9 Å². The molecule has 17 heavy (non-hydrogen) atoms. The van der Waals surface area contributed by atoms with Gasteiger partial charge in [-0.25, -0.2) is 0 Å². The molecule has 0 bridgehead atoms. The van der Waals surface area contributed by atoms with Crippen LogP contribution in [0.25, 0.3) is 0 Å². The molecule has 5 nitrogen and oxygen atoms in total. The molecule has 1 unspecified atom stereocenters. The smallest absolute Gasteiger partial charge is 0.253 e. The fourth-order valence-electron chi connectivity index (χ4n) is 1.88. The fourth-order valence-corrected chi connectivity index (χ4v) is 1.88. The second-order valence-electron chi connectivity index (χ2n) is 4.26. The molecule has 1 amide bonds. The van der Waals surface area contributed by atoms with Crippen LogP contribution in [0.15, 0.2) is 16.7 Å². The number of amides is 1. The number of ether oxygens (including phenoxy) is 1.